The molecule has 1 fully saturated rings. The van der Waals surface area contributed by atoms with Gasteiger partial charge in [0.05, 0.1) is 6.61 Å². The number of amides is 1. The van der Waals surface area contributed by atoms with Gasteiger partial charge in [-0.05, 0) is 30.5 Å². The Morgan fingerprint density at radius 2 is 1.65 bits per heavy atom. The Hall–Kier alpha value is -1.35. The molecule has 0 heterocycles. The molecule has 1 aromatic carbocycles. The molecule has 0 spiro atoms. The molecule has 0 saturated heterocycles. The third kappa shape index (κ3) is 3.83. The first-order valence-electron chi connectivity index (χ1n) is 7.69. The van der Waals surface area contributed by atoms with Crippen molar-refractivity contribution in [1.82, 2.24) is 4.90 Å². The molecule has 0 aliphatic heterocycles. The fourth-order valence-electron chi connectivity index (χ4n) is 2.94. The van der Waals surface area contributed by atoms with Crippen LogP contribution in [0.4, 0.5) is 0 Å². The van der Waals surface area contributed by atoms with Gasteiger partial charge in [0.15, 0.2) is 0 Å². The van der Waals surface area contributed by atoms with Crippen molar-refractivity contribution in [3.8, 4) is 0 Å². The van der Waals surface area contributed by atoms with Gasteiger partial charge in [0, 0.05) is 18.7 Å². The summed E-state index contributed by atoms with van der Waals surface area (Å²) in [4.78, 5) is 14.4. The Morgan fingerprint density at radius 3 is 2.20 bits per heavy atom. The summed E-state index contributed by atoms with van der Waals surface area (Å²) >= 11 is 0. The molecule has 1 aromatic rings. The topological polar surface area (TPSA) is 40.5 Å². The van der Waals surface area contributed by atoms with Crippen molar-refractivity contribution in [2.75, 3.05) is 7.05 Å². The molecule has 0 aromatic heterocycles. The molecule has 20 heavy (non-hydrogen) atoms. The molecule has 2 rings (SSSR count). The van der Waals surface area contributed by atoms with Gasteiger partial charge in [-0.2, -0.15) is 0 Å². The fraction of sp³-hybridized carbons (Fsp3) is 0.588. The summed E-state index contributed by atoms with van der Waals surface area (Å²) in [5.74, 6) is 0.0973. The molecule has 1 N–H and O–H groups in total. The highest BCUT2D eigenvalue weighted by molar-refractivity contribution is 5.94. The highest BCUT2D eigenvalue weighted by Gasteiger charge is 2.21. The number of benzene rings is 1. The lowest BCUT2D eigenvalue weighted by Crippen LogP contribution is -2.37. The van der Waals surface area contributed by atoms with E-state index in [2.05, 4.69) is 0 Å². The van der Waals surface area contributed by atoms with Crippen molar-refractivity contribution in [2.45, 2.75) is 57.6 Å². The molecule has 110 valence electrons. The van der Waals surface area contributed by atoms with Crippen molar-refractivity contribution in [2.24, 2.45) is 0 Å². The average Bonchev–Trinajstić information content (AvgIpc) is 2.46. The van der Waals surface area contributed by atoms with Gasteiger partial charge in [0.25, 0.3) is 5.91 Å². The van der Waals surface area contributed by atoms with Crippen LogP contribution in [0.5, 0.6) is 0 Å². The van der Waals surface area contributed by atoms with E-state index in [-0.39, 0.29) is 12.5 Å². The maximum absolute atomic E-state index is 12.5. The minimum absolute atomic E-state index is 0.0208. The number of carbonyl (C=O) groups is 1. The van der Waals surface area contributed by atoms with Crippen molar-refractivity contribution >= 4 is 5.91 Å². The molecular formula is C17H25NO2. The fourth-order valence-corrected chi connectivity index (χ4v) is 2.94. The van der Waals surface area contributed by atoms with E-state index in [1.807, 2.05) is 36.2 Å². The minimum atomic E-state index is 0.0208. The van der Waals surface area contributed by atoms with E-state index in [4.69, 9.17) is 5.11 Å². The summed E-state index contributed by atoms with van der Waals surface area (Å²) in [5.41, 5.74) is 1.56. The third-order valence-corrected chi connectivity index (χ3v) is 4.33. The van der Waals surface area contributed by atoms with Gasteiger partial charge in [0.1, 0.15) is 0 Å². The van der Waals surface area contributed by atoms with E-state index in [1.165, 1.54) is 32.1 Å². The number of rotatable bonds is 3. The summed E-state index contributed by atoms with van der Waals surface area (Å²) in [6.07, 6.45) is 8.63. The van der Waals surface area contributed by atoms with Crippen LogP contribution in [0.15, 0.2) is 24.3 Å². The number of hydrogen-bond donors (Lipinski definition) is 1. The maximum Gasteiger partial charge on any atom is 0.253 e. The molecule has 3 heteroatoms. The third-order valence-electron chi connectivity index (χ3n) is 4.33. The van der Waals surface area contributed by atoms with Gasteiger partial charge < -0.3 is 10.0 Å². The van der Waals surface area contributed by atoms with Crippen molar-refractivity contribution in [1.29, 1.82) is 0 Å². The van der Waals surface area contributed by atoms with E-state index in [9.17, 15) is 4.79 Å². The number of aliphatic hydroxyl groups is 1. The van der Waals surface area contributed by atoms with Gasteiger partial charge in [-0.1, -0.05) is 44.2 Å². The Balaban J connectivity index is 2.01. The molecule has 0 unspecified atom stereocenters. The number of carbonyl (C=O) groups excluding carboxylic acids is 1. The average molecular weight is 275 g/mol. The Morgan fingerprint density at radius 1 is 1.10 bits per heavy atom. The predicted molar refractivity (Wildman–Crippen MR) is 80.6 cm³/mol. The van der Waals surface area contributed by atoms with Crippen LogP contribution in [0.2, 0.25) is 0 Å². The van der Waals surface area contributed by atoms with Crippen LogP contribution in [-0.2, 0) is 6.61 Å². The van der Waals surface area contributed by atoms with E-state index in [0.29, 0.717) is 11.6 Å². The SMILES string of the molecule is CN(C(=O)c1ccc(CO)cc1)C1CCCCCCC1. The number of nitrogens with zero attached hydrogens (tertiary/aromatic N) is 1. The van der Waals surface area contributed by atoms with Crippen molar-refractivity contribution in [3.05, 3.63) is 35.4 Å². The van der Waals surface area contributed by atoms with Gasteiger partial charge in [-0.25, -0.2) is 0 Å². The van der Waals surface area contributed by atoms with Crippen LogP contribution in [-0.4, -0.2) is 29.0 Å². The summed E-state index contributed by atoms with van der Waals surface area (Å²) in [5, 5.41) is 9.04. The minimum Gasteiger partial charge on any atom is -0.392 e. The lowest BCUT2D eigenvalue weighted by atomic mass is 9.95. The zero-order valence-electron chi connectivity index (χ0n) is 12.3. The molecule has 0 radical (unpaired) electrons. The molecule has 3 nitrogen and oxygen atoms in total. The smallest absolute Gasteiger partial charge is 0.253 e. The summed E-state index contributed by atoms with van der Waals surface area (Å²) in [6, 6.07) is 7.64. The zero-order valence-corrected chi connectivity index (χ0v) is 12.3. The lowest BCUT2D eigenvalue weighted by Gasteiger charge is -2.30. The van der Waals surface area contributed by atoms with Crippen molar-refractivity contribution in [3.63, 3.8) is 0 Å². The summed E-state index contributed by atoms with van der Waals surface area (Å²) < 4.78 is 0. The van der Waals surface area contributed by atoms with E-state index >= 15 is 0 Å². The summed E-state index contributed by atoms with van der Waals surface area (Å²) in [7, 11) is 1.93. The first-order chi connectivity index (χ1) is 9.72. The number of hydrogen-bond acceptors (Lipinski definition) is 2. The molecule has 1 saturated carbocycles. The lowest BCUT2D eigenvalue weighted by molar-refractivity contribution is 0.0706. The van der Waals surface area contributed by atoms with Crippen LogP contribution >= 0.6 is 0 Å². The quantitative estimate of drug-likeness (QED) is 0.919. The van der Waals surface area contributed by atoms with E-state index in [1.54, 1.807) is 0 Å². The highest BCUT2D eigenvalue weighted by atomic mass is 16.3. The second-order valence-corrected chi connectivity index (χ2v) is 5.77. The highest BCUT2D eigenvalue weighted by Crippen LogP contribution is 2.22. The second kappa shape index (κ2) is 7.44. The standard InChI is InChI=1S/C17H25NO2/c1-18(16-7-5-3-2-4-6-8-16)17(20)15-11-9-14(13-19)10-12-15/h9-12,16,19H,2-8,13H2,1H3. The normalized spacial score (nSPS) is 17.3. The maximum atomic E-state index is 12.5. The largest absolute Gasteiger partial charge is 0.392 e. The van der Waals surface area contributed by atoms with Crippen LogP contribution in [0.1, 0.15) is 60.9 Å². The second-order valence-electron chi connectivity index (χ2n) is 5.77. The molecule has 1 aliphatic carbocycles. The van der Waals surface area contributed by atoms with Crippen LogP contribution < -0.4 is 0 Å². The zero-order chi connectivity index (χ0) is 14.4. The predicted octanol–water partition coefficient (Wildman–Crippen LogP) is 3.36. The van der Waals surface area contributed by atoms with Gasteiger partial charge in [-0.3, -0.25) is 4.79 Å². The van der Waals surface area contributed by atoms with Crippen LogP contribution in [0.3, 0.4) is 0 Å². The monoisotopic (exact) mass is 275 g/mol. The van der Waals surface area contributed by atoms with Gasteiger partial charge in [0.2, 0.25) is 0 Å². The van der Waals surface area contributed by atoms with Gasteiger partial charge >= 0.3 is 0 Å². The Labute approximate surface area is 121 Å². The molecule has 0 bridgehead atoms. The van der Waals surface area contributed by atoms with E-state index < -0.39 is 0 Å². The molecular weight excluding hydrogens is 250 g/mol. The first-order valence-corrected chi connectivity index (χ1v) is 7.69. The van der Waals surface area contributed by atoms with Gasteiger partial charge in [-0.15, -0.1) is 0 Å². The van der Waals surface area contributed by atoms with Crippen LogP contribution in [0.25, 0.3) is 0 Å². The van der Waals surface area contributed by atoms with E-state index in [0.717, 1.165) is 18.4 Å². The number of aliphatic hydroxyl groups excluding tert-OH is 1. The Kier molecular flexibility index (Phi) is 5.60. The van der Waals surface area contributed by atoms with Crippen molar-refractivity contribution < 1.29 is 9.90 Å². The first kappa shape index (κ1) is 15.0. The molecule has 1 aliphatic rings. The molecule has 1 amide bonds. The Bertz CT molecular complexity index is 419. The molecule has 0 atom stereocenters. The van der Waals surface area contributed by atoms with Crippen LogP contribution in [0, 0.1) is 0 Å². The summed E-state index contributed by atoms with van der Waals surface area (Å²) in [6.45, 7) is 0.0208.